The average molecular weight is 411 g/mol. The van der Waals surface area contributed by atoms with E-state index in [0.717, 1.165) is 22.2 Å². The fourth-order valence-electron chi connectivity index (χ4n) is 3.56. The lowest BCUT2D eigenvalue weighted by molar-refractivity contribution is -0.134. The van der Waals surface area contributed by atoms with Crippen LogP contribution in [0.4, 0.5) is 0 Å². The van der Waals surface area contributed by atoms with Crippen LogP contribution in [0.1, 0.15) is 30.5 Å². The molecule has 0 aliphatic rings. The van der Waals surface area contributed by atoms with Gasteiger partial charge >= 0.3 is 0 Å². The van der Waals surface area contributed by atoms with Gasteiger partial charge in [-0.1, -0.05) is 42.5 Å². The first-order valence-corrected chi connectivity index (χ1v) is 10.9. The molecule has 0 saturated heterocycles. The number of carbonyl (C=O) groups excluding carboxylic acids is 1. The van der Waals surface area contributed by atoms with Crippen LogP contribution in [-0.4, -0.2) is 45.3 Å². The molecule has 0 saturated carbocycles. The molecular formula is C24H30N2O2S. The zero-order valence-electron chi connectivity index (χ0n) is 17.6. The Bertz CT molecular complexity index is 980. The third-order valence-corrected chi connectivity index (χ3v) is 6.93. The van der Waals surface area contributed by atoms with E-state index in [0.29, 0.717) is 6.42 Å². The summed E-state index contributed by atoms with van der Waals surface area (Å²) in [4.78, 5) is 18.2. The fraction of sp³-hybridized carbons (Fsp3) is 0.375. The lowest BCUT2D eigenvalue weighted by Gasteiger charge is -2.34. The highest BCUT2D eigenvalue weighted by atomic mass is 32.2. The molecular weight excluding hydrogens is 380 g/mol. The van der Waals surface area contributed by atoms with E-state index in [1.807, 2.05) is 50.4 Å². The number of aromatic amines is 1. The summed E-state index contributed by atoms with van der Waals surface area (Å²) in [6.45, 7) is 5.96. The number of aryl methyl sites for hydroxylation is 1. The van der Waals surface area contributed by atoms with Crippen molar-refractivity contribution >= 4 is 28.6 Å². The molecule has 3 aromatic rings. The van der Waals surface area contributed by atoms with Gasteiger partial charge in [-0.15, -0.1) is 11.8 Å². The standard InChI is InChI=1S/C24H30N2O2S/c1-17-9-5-6-10-18(17)16-29-24(2,3)23(28)26(4)20(15-27)13-19-14-25-22-12-8-7-11-21(19)22/h5-12,14,20,25,27H,13,15-16H2,1-4H3/t20-/m0/s1. The summed E-state index contributed by atoms with van der Waals surface area (Å²) >= 11 is 1.64. The molecule has 0 aliphatic carbocycles. The zero-order valence-corrected chi connectivity index (χ0v) is 18.4. The Morgan fingerprint density at radius 1 is 1.14 bits per heavy atom. The average Bonchev–Trinajstić information content (AvgIpc) is 3.13. The second kappa shape index (κ2) is 9.06. The van der Waals surface area contributed by atoms with E-state index < -0.39 is 4.75 Å². The Morgan fingerprint density at radius 3 is 2.55 bits per heavy atom. The van der Waals surface area contributed by atoms with E-state index in [-0.39, 0.29) is 18.6 Å². The predicted octanol–water partition coefficient (Wildman–Crippen LogP) is 4.55. The lowest BCUT2D eigenvalue weighted by atomic mass is 10.0. The first kappa shape index (κ1) is 21.5. The summed E-state index contributed by atoms with van der Waals surface area (Å²) in [6.07, 6.45) is 2.59. The number of aromatic nitrogens is 1. The van der Waals surface area contributed by atoms with Crippen LogP contribution in [-0.2, 0) is 17.0 Å². The van der Waals surface area contributed by atoms with Crippen molar-refractivity contribution in [1.82, 2.24) is 9.88 Å². The van der Waals surface area contributed by atoms with Gasteiger partial charge in [-0.3, -0.25) is 4.79 Å². The van der Waals surface area contributed by atoms with Crippen molar-refractivity contribution in [2.75, 3.05) is 13.7 Å². The van der Waals surface area contributed by atoms with Gasteiger partial charge < -0.3 is 15.0 Å². The van der Waals surface area contributed by atoms with E-state index in [4.69, 9.17) is 0 Å². The molecule has 0 spiro atoms. The number of aliphatic hydroxyl groups excluding tert-OH is 1. The van der Waals surface area contributed by atoms with E-state index in [2.05, 4.69) is 30.1 Å². The van der Waals surface area contributed by atoms with Gasteiger partial charge in [0.05, 0.1) is 17.4 Å². The fourth-order valence-corrected chi connectivity index (χ4v) is 4.67. The summed E-state index contributed by atoms with van der Waals surface area (Å²) in [5.74, 6) is 0.820. The third kappa shape index (κ3) is 4.85. The normalized spacial score (nSPS) is 12.9. The summed E-state index contributed by atoms with van der Waals surface area (Å²) in [7, 11) is 1.80. The minimum Gasteiger partial charge on any atom is -0.394 e. The van der Waals surface area contributed by atoms with Crippen molar-refractivity contribution in [3.8, 4) is 0 Å². The summed E-state index contributed by atoms with van der Waals surface area (Å²) in [6, 6.07) is 16.1. The number of H-pyrrole nitrogens is 1. The molecule has 0 aliphatic heterocycles. The number of benzene rings is 2. The van der Waals surface area contributed by atoms with Crippen molar-refractivity contribution in [2.45, 2.75) is 43.7 Å². The minimum absolute atomic E-state index is 0.0370. The van der Waals surface area contributed by atoms with Crippen molar-refractivity contribution in [1.29, 1.82) is 0 Å². The number of amides is 1. The van der Waals surface area contributed by atoms with E-state index in [9.17, 15) is 9.90 Å². The maximum atomic E-state index is 13.2. The number of hydrogen-bond acceptors (Lipinski definition) is 3. The summed E-state index contributed by atoms with van der Waals surface area (Å²) < 4.78 is -0.579. The molecule has 2 N–H and O–H groups in total. The summed E-state index contributed by atoms with van der Waals surface area (Å²) in [5.41, 5.74) is 4.68. The van der Waals surface area contributed by atoms with Gasteiger partial charge in [-0.25, -0.2) is 0 Å². The number of likely N-dealkylation sites (N-methyl/N-ethyl adjacent to an activating group) is 1. The molecule has 4 nitrogen and oxygen atoms in total. The number of rotatable bonds is 8. The van der Waals surface area contributed by atoms with Crippen molar-refractivity contribution in [3.05, 3.63) is 71.4 Å². The van der Waals surface area contributed by atoms with E-state index in [1.165, 1.54) is 11.1 Å². The van der Waals surface area contributed by atoms with Gasteiger partial charge in [0.1, 0.15) is 0 Å². The van der Waals surface area contributed by atoms with Gasteiger partial charge in [0, 0.05) is 29.9 Å². The van der Waals surface area contributed by atoms with Crippen LogP contribution in [0.15, 0.2) is 54.7 Å². The SMILES string of the molecule is Cc1ccccc1CSC(C)(C)C(=O)N(C)[C@H](CO)Cc1c[nH]c2ccccc12. The van der Waals surface area contributed by atoms with Crippen LogP contribution in [0, 0.1) is 6.92 Å². The van der Waals surface area contributed by atoms with Crippen LogP contribution < -0.4 is 0 Å². The number of thioether (sulfide) groups is 1. The number of para-hydroxylation sites is 1. The van der Waals surface area contributed by atoms with Gasteiger partial charge in [0.25, 0.3) is 0 Å². The maximum absolute atomic E-state index is 13.2. The lowest BCUT2D eigenvalue weighted by Crippen LogP contribution is -2.48. The number of nitrogens with zero attached hydrogens (tertiary/aromatic N) is 1. The van der Waals surface area contributed by atoms with Crippen molar-refractivity contribution in [3.63, 3.8) is 0 Å². The molecule has 5 heteroatoms. The molecule has 154 valence electrons. The van der Waals surface area contributed by atoms with E-state index >= 15 is 0 Å². The van der Waals surface area contributed by atoms with Crippen LogP contribution in [0.3, 0.4) is 0 Å². The Balaban J connectivity index is 1.69. The smallest absolute Gasteiger partial charge is 0.238 e. The molecule has 0 fully saturated rings. The predicted molar refractivity (Wildman–Crippen MR) is 122 cm³/mol. The molecule has 0 radical (unpaired) electrons. The number of aliphatic hydroxyl groups is 1. The number of carbonyl (C=O) groups is 1. The first-order valence-electron chi connectivity index (χ1n) is 9.95. The number of nitrogens with one attached hydrogen (secondary N) is 1. The van der Waals surface area contributed by atoms with Crippen LogP contribution in [0.2, 0.25) is 0 Å². The highest BCUT2D eigenvalue weighted by Gasteiger charge is 2.34. The zero-order chi connectivity index (χ0) is 21.0. The monoisotopic (exact) mass is 410 g/mol. The van der Waals surface area contributed by atoms with Crippen molar-refractivity contribution < 1.29 is 9.90 Å². The quantitative estimate of drug-likeness (QED) is 0.573. The Hall–Kier alpha value is -2.24. The Labute approximate surface area is 177 Å². The molecule has 29 heavy (non-hydrogen) atoms. The van der Waals surface area contributed by atoms with Gasteiger partial charge in [0.2, 0.25) is 5.91 Å². The molecule has 1 amide bonds. The summed E-state index contributed by atoms with van der Waals surface area (Å²) in [5, 5.41) is 11.2. The number of fused-ring (bicyclic) bond motifs is 1. The van der Waals surface area contributed by atoms with Crippen molar-refractivity contribution in [2.24, 2.45) is 0 Å². The van der Waals surface area contributed by atoms with Gasteiger partial charge in [-0.2, -0.15) is 0 Å². The first-order chi connectivity index (χ1) is 13.8. The third-order valence-electron chi connectivity index (χ3n) is 5.57. The molecule has 0 bridgehead atoms. The highest BCUT2D eigenvalue weighted by Crippen LogP contribution is 2.31. The molecule has 3 rings (SSSR count). The van der Waals surface area contributed by atoms with E-state index in [1.54, 1.807) is 23.7 Å². The second-order valence-corrected chi connectivity index (χ2v) is 9.64. The van der Waals surface area contributed by atoms with Gasteiger partial charge in [0.15, 0.2) is 0 Å². The molecule has 1 atom stereocenters. The highest BCUT2D eigenvalue weighted by molar-refractivity contribution is 8.00. The largest absolute Gasteiger partial charge is 0.394 e. The van der Waals surface area contributed by atoms with Crippen LogP contribution in [0.5, 0.6) is 0 Å². The van der Waals surface area contributed by atoms with Crippen LogP contribution in [0.25, 0.3) is 10.9 Å². The number of hydrogen-bond donors (Lipinski definition) is 2. The molecule has 2 aromatic carbocycles. The maximum Gasteiger partial charge on any atom is 0.238 e. The van der Waals surface area contributed by atoms with Gasteiger partial charge in [-0.05, 0) is 49.9 Å². The molecule has 1 aromatic heterocycles. The second-order valence-electron chi connectivity index (χ2n) is 8.04. The molecule has 1 heterocycles. The Morgan fingerprint density at radius 2 is 1.83 bits per heavy atom. The topological polar surface area (TPSA) is 56.3 Å². The Kier molecular flexibility index (Phi) is 6.70. The van der Waals surface area contributed by atoms with Crippen LogP contribution >= 0.6 is 11.8 Å². The molecule has 0 unspecified atom stereocenters. The minimum atomic E-state index is -0.579.